The number of sulfone groups is 1. The molecule has 0 heterocycles. The van der Waals surface area contributed by atoms with Gasteiger partial charge in [0, 0.05) is 12.1 Å². The molecule has 0 fully saturated rings. The first kappa shape index (κ1) is 16.4. The Bertz CT molecular complexity index is 585. The zero-order valence-electron chi connectivity index (χ0n) is 11.5. The molecule has 20 heavy (non-hydrogen) atoms. The second kappa shape index (κ2) is 6.69. The highest BCUT2D eigenvalue weighted by Crippen LogP contribution is 2.16. The van der Waals surface area contributed by atoms with Gasteiger partial charge in [-0.2, -0.15) is 0 Å². The lowest BCUT2D eigenvalue weighted by atomic mass is 10.2. The summed E-state index contributed by atoms with van der Waals surface area (Å²) in [4.78, 5) is 11.6. The van der Waals surface area contributed by atoms with Gasteiger partial charge in [0.1, 0.15) is 5.82 Å². The average molecular weight is 302 g/mol. The predicted octanol–water partition coefficient (Wildman–Crippen LogP) is 1.95. The second-order valence-corrected chi connectivity index (χ2v) is 7.48. The van der Waals surface area contributed by atoms with Crippen LogP contribution in [-0.2, 0) is 14.6 Å². The molecule has 0 aliphatic heterocycles. The van der Waals surface area contributed by atoms with Crippen LogP contribution in [0.4, 0.5) is 15.8 Å². The van der Waals surface area contributed by atoms with E-state index in [0.717, 1.165) is 6.07 Å². The molecular formula is C13H19FN2O3S. The van der Waals surface area contributed by atoms with Gasteiger partial charge in [0.25, 0.3) is 0 Å². The molecule has 0 spiro atoms. The average Bonchev–Trinajstić information content (AvgIpc) is 2.33. The monoisotopic (exact) mass is 302 g/mol. The smallest absolute Gasteiger partial charge is 0.224 e. The molecular weight excluding hydrogens is 283 g/mol. The maximum atomic E-state index is 12.9. The van der Waals surface area contributed by atoms with Crippen molar-refractivity contribution < 1.29 is 17.6 Å². The first-order chi connectivity index (χ1) is 9.22. The van der Waals surface area contributed by atoms with E-state index >= 15 is 0 Å². The maximum Gasteiger partial charge on any atom is 0.224 e. The van der Waals surface area contributed by atoms with Gasteiger partial charge < -0.3 is 11.1 Å². The Morgan fingerprint density at radius 1 is 1.40 bits per heavy atom. The summed E-state index contributed by atoms with van der Waals surface area (Å²) in [6.45, 7) is 3.22. The molecule has 0 saturated heterocycles. The van der Waals surface area contributed by atoms with E-state index in [1.807, 2.05) is 0 Å². The normalized spacial score (nSPS) is 11.6. The molecule has 0 radical (unpaired) electrons. The van der Waals surface area contributed by atoms with Crippen LogP contribution in [0.2, 0.25) is 0 Å². The molecule has 1 amide bonds. The molecule has 5 nitrogen and oxygen atoms in total. The van der Waals surface area contributed by atoms with Gasteiger partial charge in [-0.05, 0) is 38.5 Å². The Kier molecular flexibility index (Phi) is 5.50. The highest BCUT2D eigenvalue weighted by Gasteiger charge is 2.16. The minimum atomic E-state index is -3.13. The van der Waals surface area contributed by atoms with Crippen LogP contribution in [0.1, 0.15) is 26.7 Å². The zero-order valence-corrected chi connectivity index (χ0v) is 12.3. The third kappa shape index (κ3) is 4.80. The summed E-state index contributed by atoms with van der Waals surface area (Å²) in [6.07, 6.45) is 0.340. The number of nitrogens with one attached hydrogen (secondary N) is 1. The van der Waals surface area contributed by atoms with E-state index in [2.05, 4.69) is 5.32 Å². The summed E-state index contributed by atoms with van der Waals surface area (Å²) in [5, 5.41) is 2.10. The molecule has 0 unspecified atom stereocenters. The number of carbonyl (C=O) groups excluding carboxylic acids is 1. The quantitative estimate of drug-likeness (QED) is 0.786. The molecule has 0 aliphatic carbocycles. The third-order valence-corrected chi connectivity index (χ3v) is 5.12. The van der Waals surface area contributed by atoms with Gasteiger partial charge in [-0.25, -0.2) is 12.8 Å². The van der Waals surface area contributed by atoms with E-state index < -0.39 is 20.9 Å². The second-order valence-electron chi connectivity index (χ2n) is 4.80. The zero-order chi connectivity index (χ0) is 15.3. The minimum absolute atomic E-state index is 0.0242. The van der Waals surface area contributed by atoms with E-state index in [9.17, 15) is 17.6 Å². The summed E-state index contributed by atoms with van der Waals surface area (Å²) in [5.74, 6) is -0.898. The third-order valence-electron chi connectivity index (χ3n) is 2.83. The first-order valence-electron chi connectivity index (χ1n) is 6.29. The number of anilines is 2. The Labute approximate surface area is 118 Å². The van der Waals surface area contributed by atoms with Crippen LogP contribution in [-0.4, -0.2) is 25.3 Å². The number of hydrogen-bond acceptors (Lipinski definition) is 4. The maximum absolute atomic E-state index is 12.9. The Morgan fingerprint density at radius 2 is 2.05 bits per heavy atom. The van der Waals surface area contributed by atoms with Crippen LogP contribution < -0.4 is 11.1 Å². The molecule has 1 aromatic rings. The molecule has 0 aliphatic rings. The largest absolute Gasteiger partial charge is 0.396 e. The van der Waals surface area contributed by atoms with E-state index in [1.54, 1.807) is 13.8 Å². The summed E-state index contributed by atoms with van der Waals surface area (Å²) < 4.78 is 36.1. The van der Waals surface area contributed by atoms with Crippen molar-refractivity contribution in [3.8, 4) is 0 Å². The van der Waals surface area contributed by atoms with Crippen LogP contribution >= 0.6 is 0 Å². The van der Waals surface area contributed by atoms with Gasteiger partial charge in [-0.15, -0.1) is 0 Å². The number of hydrogen-bond donors (Lipinski definition) is 2. The number of carbonyl (C=O) groups is 1. The first-order valence-corrected chi connectivity index (χ1v) is 8.00. The fourth-order valence-electron chi connectivity index (χ4n) is 1.51. The number of rotatable bonds is 6. The number of nitrogens with two attached hydrogens (primary N) is 1. The SMILES string of the molecule is CC(C)S(=O)(=O)CCCC(=O)Nc1ccc(F)c(N)c1. The van der Waals surface area contributed by atoms with Gasteiger partial charge in [-0.1, -0.05) is 0 Å². The fraction of sp³-hybridized carbons (Fsp3) is 0.462. The van der Waals surface area contributed by atoms with Gasteiger partial charge in [0.15, 0.2) is 9.84 Å². The standard InChI is InChI=1S/C13H19FN2O3S/c1-9(2)20(18,19)7-3-4-13(17)16-10-5-6-11(14)12(15)8-10/h5-6,8-9H,3-4,7,15H2,1-2H3,(H,16,17). The molecule has 0 bridgehead atoms. The van der Waals surface area contributed by atoms with Gasteiger partial charge >= 0.3 is 0 Å². The molecule has 0 aromatic heterocycles. The van der Waals surface area contributed by atoms with E-state index in [-0.39, 0.29) is 30.2 Å². The topological polar surface area (TPSA) is 89.3 Å². The van der Waals surface area contributed by atoms with E-state index in [0.29, 0.717) is 5.69 Å². The number of amides is 1. The number of nitrogen functional groups attached to an aromatic ring is 1. The van der Waals surface area contributed by atoms with Crippen LogP contribution in [0.25, 0.3) is 0 Å². The van der Waals surface area contributed by atoms with Crippen LogP contribution in [0, 0.1) is 5.82 Å². The summed E-state index contributed by atoms with van der Waals surface area (Å²) >= 11 is 0. The van der Waals surface area contributed by atoms with Crippen molar-refractivity contribution in [2.24, 2.45) is 0 Å². The van der Waals surface area contributed by atoms with Crippen LogP contribution in [0.5, 0.6) is 0 Å². The van der Waals surface area contributed by atoms with Gasteiger partial charge in [0.05, 0.1) is 16.7 Å². The van der Waals surface area contributed by atoms with Crippen molar-refractivity contribution in [1.82, 2.24) is 0 Å². The summed E-state index contributed by atoms with van der Waals surface area (Å²) in [5.41, 5.74) is 5.72. The summed E-state index contributed by atoms with van der Waals surface area (Å²) in [7, 11) is -3.13. The molecule has 7 heteroatoms. The van der Waals surface area contributed by atoms with Crippen molar-refractivity contribution in [1.29, 1.82) is 0 Å². The molecule has 1 aromatic carbocycles. The molecule has 112 valence electrons. The highest BCUT2D eigenvalue weighted by atomic mass is 32.2. The fourth-order valence-corrected chi connectivity index (χ4v) is 2.53. The minimum Gasteiger partial charge on any atom is -0.396 e. The lowest BCUT2D eigenvalue weighted by Crippen LogP contribution is -2.19. The summed E-state index contributed by atoms with van der Waals surface area (Å²) in [6, 6.07) is 3.88. The van der Waals surface area contributed by atoms with Crippen molar-refractivity contribution in [2.45, 2.75) is 31.9 Å². The van der Waals surface area contributed by atoms with Crippen LogP contribution in [0.3, 0.4) is 0 Å². The Morgan fingerprint density at radius 3 is 2.60 bits per heavy atom. The molecule has 1 rings (SSSR count). The highest BCUT2D eigenvalue weighted by molar-refractivity contribution is 7.91. The molecule has 0 saturated carbocycles. The Balaban J connectivity index is 2.47. The van der Waals surface area contributed by atoms with E-state index in [1.165, 1.54) is 12.1 Å². The van der Waals surface area contributed by atoms with Crippen molar-refractivity contribution in [3.63, 3.8) is 0 Å². The van der Waals surface area contributed by atoms with E-state index in [4.69, 9.17) is 5.73 Å². The van der Waals surface area contributed by atoms with Gasteiger partial charge in [0.2, 0.25) is 5.91 Å². The van der Waals surface area contributed by atoms with Crippen molar-refractivity contribution in [2.75, 3.05) is 16.8 Å². The van der Waals surface area contributed by atoms with Crippen molar-refractivity contribution >= 4 is 27.1 Å². The number of halogens is 1. The number of benzene rings is 1. The molecule has 3 N–H and O–H groups in total. The predicted molar refractivity (Wildman–Crippen MR) is 77.6 cm³/mol. The Hall–Kier alpha value is -1.63. The molecule has 0 atom stereocenters. The van der Waals surface area contributed by atoms with Gasteiger partial charge in [-0.3, -0.25) is 4.79 Å². The lowest BCUT2D eigenvalue weighted by molar-refractivity contribution is -0.116. The van der Waals surface area contributed by atoms with Crippen LogP contribution in [0.15, 0.2) is 18.2 Å². The van der Waals surface area contributed by atoms with Crippen molar-refractivity contribution in [3.05, 3.63) is 24.0 Å². The lowest BCUT2D eigenvalue weighted by Gasteiger charge is -2.08.